The van der Waals surface area contributed by atoms with Crippen LogP contribution in [0.15, 0.2) is 47.5 Å². The van der Waals surface area contributed by atoms with Crippen LogP contribution in [0.4, 0.5) is 10.1 Å². The Morgan fingerprint density at radius 3 is 2.42 bits per heavy atom. The topological polar surface area (TPSA) is 120 Å². The summed E-state index contributed by atoms with van der Waals surface area (Å²) in [5.74, 6) is -1.88. The highest BCUT2D eigenvalue weighted by molar-refractivity contribution is 6.32. The predicted octanol–water partition coefficient (Wildman–Crippen LogP) is 3.56. The lowest BCUT2D eigenvalue weighted by molar-refractivity contribution is -0.129. The number of hydrogen-bond acceptors (Lipinski definition) is 5. The highest BCUT2D eigenvalue weighted by Gasteiger charge is 2.28. The quantitative estimate of drug-likeness (QED) is 0.252. The smallest absolute Gasteiger partial charge is 0.269 e. The van der Waals surface area contributed by atoms with Crippen LogP contribution in [0.5, 0.6) is 0 Å². The predicted molar refractivity (Wildman–Crippen MR) is 122 cm³/mol. The second-order valence-electron chi connectivity index (χ2n) is 7.56. The summed E-state index contributed by atoms with van der Waals surface area (Å²) in [6.45, 7) is 0. The molecule has 0 aromatic heterocycles. The molecule has 4 N–H and O–H groups in total. The number of carbonyl (C=O) groups excluding carboxylic acids is 3. The minimum Gasteiger partial charge on any atom is -0.327 e. The van der Waals surface area contributed by atoms with E-state index < -0.39 is 23.8 Å². The van der Waals surface area contributed by atoms with Crippen molar-refractivity contribution < 1.29 is 24.0 Å². The maximum absolute atomic E-state index is 14.6. The van der Waals surface area contributed by atoms with Crippen LogP contribution in [-0.2, 0) is 14.4 Å². The fourth-order valence-corrected chi connectivity index (χ4v) is 3.62. The van der Waals surface area contributed by atoms with E-state index in [9.17, 15) is 18.8 Å². The average Bonchev–Trinajstić information content (AvgIpc) is 2.92. The van der Waals surface area contributed by atoms with E-state index in [0.29, 0.717) is 35.5 Å². The molecule has 1 aliphatic rings. The molecule has 33 heavy (non-hydrogen) atoms. The first-order chi connectivity index (χ1) is 15.9. The molecule has 0 saturated heterocycles. The van der Waals surface area contributed by atoms with Gasteiger partial charge in [-0.2, -0.15) is 0 Å². The molecule has 8 nitrogen and oxygen atoms in total. The van der Waals surface area contributed by atoms with Crippen molar-refractivity contribution in [3.8, 4) is 0 Å². The number of benzene rings is 2. The fraction of sp³-hybridized carbons (Fsp3) is 0.304. The number of aliphatic imine (C=N–C) groups is 1. The first kappa shape index (κ1) is 24.3. The molecule has 0 radical (unpaired) electrons. The van der Waals surface area contributed by atoms with Gasteiger partial charge >= 0.3 is 0 Å². The van der Waals surface area contributed by atoms with Gasteiger partial charge in [0.25, 0.3) is 5.91 Å². The van der Waals surface area contributed by atoms with Crippen LogP contribution in [-0.4, -0.2) is 34.8 Å². The fourth-order valence-electron chi connectivity index (χ4n) is 3.45. The van der Waals surface area contributed by atoms with E-state index in [1.807, 2.05) is 0 Å². The second-order valence-corrected chi connectivity index (χ2v) is 7.99. The number of hydroxylamine groups is 1. The molecule has 2 aromatic rings. The van der Waals surface area contributed by atoms with Crippen LogP contribution < -0.4 is 16.1 Å². The van der Waals surface area contributed by atoms with Crippen molar-refractivity contribution >= 4 is 40.7 Å². The number of rotatable bonds is 9. The minimum atomic E-state index is -1.24. The van der Waals surface area contributed by atoms with Crippen molar-refractivity contribution in [2.24, 2.45) is 4.99 Å². The summed E-state index contributed by atoms with van der Waals surface area (Å²) in [5.41, 5.74) is 2.82. The third kappa shape index (κ3) is 6.59. The zero-order valence-electron chi connectivity index (χ0n) is 17.7. The molecule has 174 valence electrons. The Balaban J connectivity index is 1.72. The van der Waals surface area contributed by atoms with Crippen LogP contribution >= 0.6 is 11.6 Å². The van der Waals surface area contributed by atoms with Crippen molar-refractivity contribution in [3.05, 3.63) is 64.4 Å². The molecule has 1 unspecified atom stereocenters. The molecule has 1 heterocycles. The molecule has 0 aliphatic carbocycles. The van der Waals surface area contributed by atoms with E-state index in [0.717, 1.165) is 6.42 Å². The van der Waals surface area contributed by atoms with Gasteiger partial charge in [-0.3, -0.25) is 19.6 Å². The number of nitrogens with zero attached hydrogens (tertiary/aromatic N) is 1. The van der Waals surface area contributed by atoms with Gasteiger partial charge in [0.1, 0.15) is 5.82 Å². The molecule has 0 saturated carbocycles. The average molecular weight is 475 g/mol. The van der Waals surface area contributed by atoms with E-state index in [-0.39, 0.29) is 30.0 Å². The third-order valence-corrected chi connectivity index (χ3v) is 5.35. The molecule has 10 heteroatoms. The van der Waals surface area contributed by atoms with E-state index in [2.05, 4.69) is 15.6 Å². The van der Waals surface area contributed by atoms with Gasteiger partial charge in [-0.25, -0.2) is 14.9 Å². The number of unbranched alkanes of at least 4 members (excludes halogenated alkanes) is 3. The summed E-state index contributed by atoms with van der Waals surface area (Å²) in [4.78, 5) is 40.6. The van der Waals surface area contributed by atoms with Crippen LogP contribution in [0, 0.1) is 5.82 Å². The lowest BCUT2D eigenvalue weighted by Gasteiger charge is -2.13. The van der Waals surface area contributed by atoms with Gasteiger partial charge in [0.2, 0.25) is 18.0 Å². The summed E-state index contributed by atoms with van der Waals surface area (Å²) in [6.07, 6.45) is 1.71. The number of amides is 3. The van der Waals surface area contributed by atoms with Crippen molar-refractivity contribution in [2.45, 2.75) is 44.7 Å². The number of nitrogens with one attached hydrogen (secondary N) is 3. The number of hydrogen-bond donors (Lipinski definition) is 4. The number of anilines is 1. The standard InChI is InChI=1S/C23H24ClFN4O4/c24-14-11-12-18-16(13-14)21(15-7-5-6-8-17(15)25)28-22(23(32)26-18)27-19(30)9-3-1-2-4-10-20(31)29-33/h5-8,11-13,22,33H,1-4,9-10H2,(H,26,32)(H,27,30)(H,29,31). The molecule has 1 atom stereocenters. The summed E-state index contributed by atoms with van der Waals surface area (Å²) >= 11 is 6.13. The Hall–Kier alpha value is -3.30. The number of benzodiazepines with no additional fused rings is 1. The molecule has 1 aliphatic heterocycles. The van der Waals surface area contributed by atoms with Crippen LogP contribution in [0.25, 0.3) is 0 Å². The van der Waals surface area contributed by atoms with E-state index in [1.54, 1.807) is 41.9 Å². The van der Waals surface area contributed by atoms with Gasteiger partial charge in [-0.15, -0.1) is 0 Å². The van der Waals surface area contributed by atoms with Crippen LogP contribution in [0.3, 0.4) is 0 Å². The number of carbonyl (C=O) groups is 3. The maximum Gasteiger partial charge on any atom is 0.269 e. The lowest BCUT2D eigenvalue weighted by Crippen LogP contribution is -2.42. The van der Waals surface area contributed by atoms with Crippen LogP contribution in [0.1, 0.15) is 49.7 Å². The normalized spacial score (nSPS) is 15.1. The molecule has 3 rings (SSSR count). The van der Waals surface area contributed by atoms with Gasteiger partial charge < -0.3 is 10.6 Å². The van der Waals surface area contributed by atoms with Gasteiger partial charge in [0.05, 0.1) is 11.4 Å². The first-order valence-electron chi connectivity index (χ1n) is 10.5. The Kier molecular flexibility index (Phi) is 8.51. The Labute approximate surface area is 195 Å². The largest absolute Gasteiger partial charge is 0.327 e. The molecule has 0 bridgehead atoms. The summed E-state index contributed by atoms with van der Waals surface area (Å²) < 4.78 is 14.6. The zero-order valence-corrected chi connectivity index (χ0v) is 18.5. The summed E-state index contributed by atoms with van der Waals surface area (Å²) in [5, 5.41) is 14.2. The Morgan fingerprint density at radius 1 is 1.03 bits per heavy atom. The molecule has 0 fully saturated rings. The summed E-state index contributed by atoms with van der Waals surface area (Å²) in [6, 6.07) is 10.8. The van der Waals surface area contributed by atoms with E-state index in [1.165, 1.54) is 6.07 Å². The van der Waals surface area contributed by atoms with Gasteiger partial charge in [-0.1, -0.05) is 36.6 Å². The lowest BCUT2D eigenvalue weighted by atomic mass is 10.00. The Morgan fingerprint density at radius 2 is 1.73 bits per heavy atom. The molecular formula is C23H24ClFN4O4. The molecule has 3 amide bonds. The van der Waals surface area contributed by atoms with Crippen molar-refractivity contribution in [1.29, 1.82) is 0 Å². The minimum absolute atomic E-state index is 0.166. The molecule has 0 spiro atoms. The molecule has 2 aromatic carbocycles. The highest BCUT2D eigenvalue weighted by Crippen LogP contribution is 2.28. The number of halogens is 2. The number of fused-ring (bicyclic) bond motifs is 1. The van der Waals surface area contributed by atoms with Crippen molar-refractivity contribution in [3.63, 3.8) is 0 Å². The van der Waals surface area contributed by atoms with Gasteiger partial charge in [0, 0.05) is 29.0 Å². The van der Waals surface area contributed by atoms with Crippen molar-refractivity contribution in [2.75, 3.05) is 5.32 Å². The van der Waals surface area contributed by atoms with Crippen molar-refractivity contribution in [1.82, 2.24) is 10.8 Å². The zero-order chi connectivity index (χ0) is 23.8. The third-order valence-electron chi connectivity index (χ3n) is 5.11. The molecular weight excluding hydrogens is 451 g/mol. The van der Waals surface area contributed by atoms with Gasteiger partial charge in [-0.05, 0) is 43.2 Å². The highest BCUT2D eigenvalue weighted by atomic mass is 35.5. The summed E-state index contributed by atoms with van der Waals surface area (Å²) in [7, 11) is 0. The Bertz CT molecular complexity index is 1080. The van der Waals surface area contributed by atoms with E-state index >= 15 is 0 Å². The maximum atomic E-state index is 14.6. The van der Waals surface area contributed by atoms with Crippen LogP contribution in [0.2, 0.25) is 5.02 Å². The first-order valence-corrected chi connectivity index (χ1v) is 10.9. The van der Waals surface area contributed by atoms with E-state index in [4.69, 9.17) is 16.8 Å². The monoisotopic (exact) mass is 474 g/mol. The van der Waals surface area contributed by atoms with Gasteiger partial charge in [0.15, 0.2) is 0 Å². The SMILES string of the molecule is O=C(CCCCCCC(=O)NC1N=C(c2ccccc2F)c2cc(Cl)ccc2NC1=O)NO. The second kappa shape index (κ2) is 11.5.